The van der Waals surface area contributed by atoms with Crippen molar-refractivity contribution in [2.24, 2.45) is 5.92 Å². The van der Waals surface area contributed by atoms with Crippen molar-refractivity contribution in [3.63, 3.8) is 0 Å². The van der Waals surface area contributed by atoms with Gasteiger partial charge < -0.3 is 14.9 Å². The van der Waals surface area contributed by atoms with Crippen molar-refractivity contribution < 1.29 is 14.9 Å². The highest BCUT2D eigenvalue weighted by Gasteiger charge is 2.49. The number of ether oxygens (including phenoxy) is 1. The number of fused-ring (bicyclic) bond motifs is 4. The van der Waals surface area contributed by atoms with Crippen molar-refractivity contribution in [1.82, 2.24) is 9.88 Å². The lowest BCUT2D eigenvalue weighted by molar-refractivity contribution is -0.127. The smallest absolute Gasteiger partial charge is 0.119 e. The third kappa shape index (κ3) is 2.63. The maximum atomic E-state index is 11.2. The van der Waals surface area contributed by atoms with Crippen LogP contribution in [0.3, 0.4) is 0 Å². The van der Waals surface area contributed by atoms with Crippen LogP contribution in [0, 0.1) is 5.92 Å². The van der Waals surface area contributed by atoms with Crippen molar-refractivity contribution in [3.05, 3.63) is 48.7 Å². The summed E-state index contributed by atoms with van der Waals surface area (Å²) in [7, 11) is 1.63. The van der Waals surface area contributed by atoms with Gasteiger partial charge in [-0.05, 0) is 55.1 Å². The minimum Gasteiger partial charge on any atom is -0.497 e. The van der Waals surface area contributed by atoms with Crippen LogP contribution in [-0.2, 0) is 0 Å². The first-order valence-electron chi connectivity index (χ1n) is 8.76. The third-order valence-corrected chi connectivity index (χ3v) is 5.94. The van der Waals surface area contributed by atoms with E-state index in [0.29, 0.717) is 6.54 Å². The Bertz CT molecular complexity index is 809. The van der Waals surface area contributed by atoms with Crippen LogP contribution in [0.25, 0.3) is 10.9 Å². The fourth-order valence-corrected chi connectivity index (χ4v) is 4.45. The number of aliphatic hydroxyl groups is 2. The number of rotatable bonds is 4. The number of methoxy groups -OCH3 is 1. The van der Waals surface area contributed by atoms with Gasteiger partial charge in [-0.15, -0.1) is 6.58 Å². The Kier molecular flexibility index (Phi) is 4.02. The van der Waals surface area contributed by atoms with Crippen LogP contribution >= 0.6 is 0 Å². The largest absolute Gasteiger partial charge is 0.497 e. The molecule has 1 aromatic carbocycles. The van der Waals surface area contributed by atoms with Crippen molar-refractivity contribution in [2.45, 2.75) is 30.6 Å². The molecule has 0 saturated carbocycles. The van der Waals surface area contributed by atoms with Gasteiger partial charge in [-0.2, -0.15) is 0 Å². The monoisotopic (exact) mass is 340 g/mol. The molecule has 5 atom stereocenters. The Hall–Kier alpha value is -1.95. The van der Waals surface area contributed by atoms with Gasteiger partial charge in [0.15, 0.2) is 0 Å². The summed E-state index contributed by atoms with van der Waals surface area (Å²) >= 11 is 0. The first-order chi connectivity index (χ1) is 12.1. The highest BCUT2D eigenvalue weighted by atomic mass is 16.5. The van der Waals surface area contributed by atoms with Gasteiger partial charge in [-0.25, -0.2) is 0 Å². The number of benzene rings is 1. The minimum absolute atomic E-state index is 0.00391. The normalized spacial score (nSPS) is 32.5. The van der Waals surface area contributed by atoms with E-state index in [0.717, 1.165) is 41.6 Å². The average molecular weight is 340 g/mol. The van der Waals surface area contributed by atoms with E-state index < -0.39 is 11.7 Å². The van der Waals surface area contributed by atoms with Crippen molar-refractivity contribution in [3.8, 4) is 5.75 Å². The fourth-order valence-electron chi connectivity index (χ4n) is 4.45. The highest BCUT2D eigenvalue weighted by molar-refractivity contribution is 5.83. The quantitative estimate of drug-likeness (QED) is 0.836. The van der Waals surface area contributed by atoms with Crippen LogP contribution in [-0.4, -0.2) is 51.9 Å². The van der Waals surface area contributed by atoms with Gasteiger partial charge in [-0.3, -0.25) is 9.88 Å². The SMILES string of the molecule is C=C[C@@]1(O)CN2CC[C@H]1C[C@@H]2[C@@H](O)c1ccnc2ccc(OC)cc12. The summed E-state index contributed by atoms with van der Waals surface area (Å²) in [4.78, 5) is 6.59. The van der Waals surface area contributed by atoms with E-state index in [9.17, 15) is 10.2 Å². The fraction of sp³-hybridized carbons (Fsp3) is 0.450. The molecule has 0 amide bonds. The van der Waals surface area contributed by atoms with E-state index in [2.05, 4.69) is 16.5 Å². The van der Waals surface area contributed by atoms with Crippen LogP contribution in [0.2, 0.25) is 0 Å². The van der Waals surface area contributed by atoms with Gasteiger partial charge in [0, 0.05) is 24.2 Å². The summed E-state index contributed by atoms with van der Waals surface area (Å²) < 4.78 is 5.33. The second kappa shape index (κ2) is 6.09. The van der Waals surface area contributed by atoms with Crippen LogP contribution in [0.4, 0.5) is 0 Å². The van der Waals surface area contributed by atoms with Crippen LogP contribution in [0.5, 0.6) is 5.75 Å². The van der Waals surface area contributed by atoms with E-state index >= 15 is 0 Å². The first kappa shape index (κ1) is 16.5. The van der Waals surface area contributed by atoms with Gasteiger partial charge in [0.25, 0.3) is 0 Å². The Balaban J connectivity index is 1.69. The lowest BCUT2D eigenvalue weighted by atomic mass is 9.71. The van der Waals surface area contributed by atoms with E-state index in [1.807, 2.05) is 24.3 Å². The van der Waals surface area contributed by atoms with Crippen LogP contribution in [0.15, 0.2) is 43.1 Å². The zero-order chi connectivity index (χ0) is 17.6. The molecule has 0 spiro atoms. The van der Waals surface area contributed by atoms with Gasteiger partial charge in [0.1, 0.15) is 5.75 Å². The highest BCUT2D eigenvalue weighted by Crippen LogP contribution is 2.44. The summed E-state index contributed by atoms with van der Waals surface area (Å²) in [6.45, 7) is 5.24. The zero-order valence-corrected chi connectivity index (χ0v) is 14.4. The topological polar surface area (TPSA) is 65.8 Å². The maximum absolute atomic E-state index is 11.2. The zero-order valence-electron chi connectivity index (χ0n) is 14.4. The number of nitrogens with zero attached hydrogens (tertiary/aromatic N) is 2. The van der Waals surface area contributed by atoms with Gasteiger partial charge in [-0.1, -0.05) is 6.08 Å². The molecule has 5 heteroatoms. The molecule has 3 fully saturated rings. The summed E-state index contributed by atoms with van der Waals surface area (Å²) in [5.74, 6) is 0.901. The van der Waals surface area contributed by atoms with Gasteiger partial charge in [0.2, 0.25) is 0 Å². The molecule has 5 nitrogen and oxygen atoms in total. The Labute approximate surface area is 147 Å². The first-order valence-corrected chi connectivity index (χ1v) is 8.76. The molecule has 2 N–H and O–H groups in total. The van der Waals surface area contributed by atoms with E-state index in [4.69, 9.17) is 4.74 Å². The number of aliphatic hydroxyl groups excluding tert-OH is 1. The molecular weight excluding hydrogens is 316 g/mol. The van der Waals surface area contributed by atoms with E-state index in [-0.39, 0.29) is 12.0 Å². The second-order valence-electron chi connectivity index (χ2n) is 7.18. The van der Waals surface area contributed by atoms with Crippen molar-refractivity contribution in [1.29, 1.82) is 0 Å². The van der Waals surface area contributed by atoms with E-state index in [1.54, 1.807) is 19.4 Å². The van der Waals surface area contributed by atoms with Crippen molar-refractivity contribution in [2.75, 3.05) is 20.2 Å². The predicted molar refractivity (Wildman–Crippen MR) is 96.5 cm³/mol. The van der Waals surface area contributed by atoms with Crippen LogP contribution in [0.1, 0.15) is 24.5 Å². The summed E-state index contributed by atoms with van der Waals surface area (Å²) in [5, 5.41) is 22.8. The number of aromatic nitrogens is 1. The molecule has 1 aromatic heterocycles. The molecule has 0 aliphatic carbocycles. The molecule has 3 saturated heterocycles. The van der Waals surface area contributed by atoms with Crippen LogP contribution < -0.4 is 4.74 Å². The van der Waals surface area contributed by atoms with Gasteiger partial charge >= 0.3 is 0 Å². The molecule has 3 aliphatic rings. The van der Waals surface area contributed by atoms with E-state index in [1.165, 1.54) is 0 Å². The standard InChI is InChI=1S/C20H24N2O3/c1-3-20(24)12-22-9-7-13(20)10-18(22)19(23)15-6-8-21-17-5-4-14(25-2)11-16(15)17/h3-6,8,11,13,18-19,23-24H,1,7,9-10,12H2,2H3/t13-,18+,19-,20+/m0/s1. The maximum Gasteiger partial charge on any atom is 0.119 e. The Morgan fingerprint density at radius 1 is 1.44 bits per heavy atom. The lowest BCUT2D eigenvalue weighted by Gasteiger charge is -2.54. The molecule has 25 heavy (non-hydrogen) atoms. The summed E-state index contributed by atoms with van der Waals surface area (Å²) in [6, 6.07) is 7.60. The molecule has 4 heterocycles. The van der Waals surface area contributed by atoms with Crippen molar-refractivity contribution >= 4 is 10.9 Å². The molecule has 3 aliphatic heterocycles. The molecule has 1 unspecified atom stereocenters. The number of hydrogen-bond donors (Lipinski definition) is 2. The number of piperidine rings is 3. The Morgan fingerprint density at radius 2 is 2.28 bits per heavy atom. The third-order valence-electron chi connectivity index (χ3n) is 5.94. The molecule has 132 valence electrons. The molecule has 2 bridgehead atoms. The average Bonchev–Trinajstić information content (AvgIpc) is 2.66. The summed E-state index contributed by atoms with van der Waals surface area (Å²) in [5.41, 5.74) is 0.873. The van der Waals surface area contributed by atoms with Gasteiger partial charge in [0.05, 0.1) is 24.3 Å². The molecule has 0 radical (unpaired) electrons. The molecular formula is C20H24N2O3. The number of hydrogen-bond acceptors (Lipinski definition) is 5. The number of pyridine rings is 1. The minimum atomic E-state index is -0.835. The molecule has 5 rings (SSSR count). The predicted octanol–water partition coefficient (Wildman–Crippen LogP) is 2.29. The lowest BCUT2D eigenvalue weighted by Crippen LogP contribution is -2.63. The molecule has 2 aromatic rings. The second-order valence-corrected chi connectivity index (χ2v) is 7.18. The Morgan fingerprint density at radius 3 is 2.96 bits per heavy atom. The summed E-state index contributed by atoms with van der Waals surface area (Å²) in [6.07, 6.45) is 4.48.